The Labute approximate surface area is 127 Å². The van der Waals surface area contributed by atoms with Gasteiger partial charge in [0.25, 0.3) is 0 Å². The van der Waals surface area contributed by atoms with Crippen molar-refractivity contribution in [3.63, 3.8) is 0 Å². The van der Waals surface area contributed by atoms with Crippen molar-refractivity contribution >= 4 is 0 Å². The van der Waals surface area contributed by atoms with Gasteiger partial charge in [0.15, 0.2) is 0 Å². The quantitative estimate of drug-likeness (QED) is 0.890. The van der Waals surface area contributed by atoms with E-state index in [0.717, 1.165) is 12.2 Å². The van der Waals surface area contributed by atoms with Gasteiger partial charge < -0.3 is 10.5 Å². The average molecular weight is 283 g/mol. The Morgan fingerprint density at radius 1 is 1.05 bits per heavy atom. The molecule has 0 saturated carbocycles. The molecule has 0 amide bonds. The minimum absolute atomic E-state index is 0.101. The highest BCUT2D eigenvalue weighted by atomic mass is 16.5. The van der Waals surface area contributed by atoms with Gasteiger partial charge in [-0.15, -0.1) is 0 Å². The summed E-state index contributed by atoms with van der Waals surface area (Å²) in [6, 6.07) is 12.4. The normalized spacial score (nSPS) is 12.2. The minimum atomic E-state index is -0.101. The molecule has 0 aliphatic carbocycles. The monoisotopic (exact) mass is 283 g/mol. The van der Waals surface area contributed by atoms with Crippen LogP contribution in [0.3, 0.4) is 0 Å². The molecule has 2 N–H and O–H groups in total. The second-order valence-electron chi connectivity index (χ2n) is 5.69. The molecule has 2 rings (SSSR count). The lowest BCUT2D eigenvalue weighted by Gasteiger charge is -2.20. The predicted molar refractivity (Wildman–Crippen MR) is 88.9 cm³/mol. The third-order valence-corrected chi connectivity index (χ3v) is 3.88. The lowest BCUT2D eigenvalue weighted by atomic mass is 9.95. The fraction of sp³-hybridized carbons (Fsp3) is 0.368. The number of rotatable bonds is 5. The number of para-hydroxylation sites is 1. The van der Waals surface area contributed by atoms with Crippen LogP contribution in [-0.4, -0.2) is 6.61 Å². The molecule has 0 heterocycles. The Morgan fingerprint density at radius 2 is 1.67 bits per heavy atom. The maximum Gasteiger partial charge on any atom is 0.122 e. The maximum absolute atomic E-state index is 6.36. The zero-order valence-electron chi connectivity index (χ0n) is 13.4. The van der Waals surface area contributed by atoms with Gasteiger partial charge in [0.2, 0.25) is 0 Å². The predicted octanol–water partition coefficient (Wildman–Crippen LogP) is 4.25. The second kappa shape index (κ2) is 6.77. The molecule has 0 aromatic heterocycles. The summed E-state index contributed by atoms with van der Waals surface area (Å²) in [5, 5.41) is 0. The zero-order chi connectivity index (χ0) is 15.4. The van der Waals surface area contributed by atoms with Crippen LogP contribution < -0.4 is 10.5 Å². The fourth-order valence-corrected chi connectivity index (χ4v) is 2.98. The number of aryl methyl sites for hydroxylation is 4. The number of hydrogen-bond donors (Lipinski definition) is 1. The van der Waals surface area contributed by atoms with Crippen LogP contribution >= 0.6 is 0 Å². The van der Waals surface area contributed by atoms with E-state index in [2.05, 4.69) is 45.9 Å². The standard InChI is InChI=1S/C19H25NO/c1-5-16-8-6-7-9-18(16)21-12-17(20)19-14(3)10-13(2)11-15(19)4/h6-11,17H,5,12,20H2,1-4H3. The van der Waals surface area contributed by atoms with Gasteiger partial charge in [0.1, 0.15) is 12.4 Å². The van der Waals surface area contributed by atoms with E-state index in [1.54, 1.807) is 0 Å². The van der Waals surface area contributed by atoms with Gasteiger partial charge in [-0.25, -0.2) is 0 Å². The number of ether oxygens (including phenoxy) is 1. The van der Waals surface area contributed by atoms with Crippen molar-refractivity contribution in [1.29, 1.82) is 0 Å². The molecule has 1 atom stereocenters. The molecular weight excluding hydrogens is 258 g/mol. The van der Waals surface area contributed by atoms with E-state index in [-0.39, 0.29) is 6.04 Å². The van der Waals surface area contributed by atoms with E-state index in [1.165, 1.54) is 27.8 Å². The highest BCUT2D eigenvalue weighted by Gasteiger charge is 2.14. The lowest BCUT2D eigenvalue weighted by molar-refractivity contribution is 0.287. The Morgan fingerprint density at radius 3 is 2.29 bits per heavy atom. The van der Waals surface area contributed by atoms with Gasteiger partial charge in [-0.1, -0.05) is 42.8 Å². The average Bonchev–Trinajstić information content (AvgIpc) is 2.44. The first kappa shape index (κ1) is 15.6. The first-order chi connectivity index (χ1) is 10.0. The molecule has 0 radical (unpaired) electrons. The van der Waals surface area contributed by atoms with Crippen LogP contribution in [0.1, 0.15) is 40.8 Å². The summed E-state index contributed by atoms with van der Waals surface area (Å²) in [5.41, 5.74) is 12.6. The SMILES string of the molecule is CCc1ccccc1OCC(N)c1c(C)cc(C)cc1C. The van der Waals surface area contributed by atoms with Crippen LogP contribution in [0.25, 0.3) is 0 Å². The van der Waals surface area contributed by atoms with Crippen molar-refractivity contribution in [2.45, 2.75) is 40.2 Å². The third-order valence-electron chi connectivity index (χ3n) is 3.88. The van der Waals surface area contributed by atoms with Crippen molar-refractivity contribution < 1.29 is 4.74 Å². The van der Waals surface area contributed by atoms with E-state index in [1.807, 2.05) is 18.2 Å². The Balaban J connectivity index is 2.14. The summed E-state index contributed by atoms with van der Waals surface area (Å²) in [4.78, 5) is 0. The molecule has 112 valence electrons. The van der Waals surface area contributed by atoms with E-state index >= 15 is 0 Å². The number of benzene rings is 2. The topological polar surface area (TPSA) is 35.2 Å². The van der Waals surface area contributed by atoms with Gasteiger partial charge in [-0.05, 0) is 55.5 Å². The van der Waals surface area contributed by atoms with Crippen molar-refractivity contribution in [2.75, 3.05) is 6.61 Å². The molecule has 1 unspecified atom stereocenters. The van der Waals surface area contributed by atoms with Crippen molar-refractivity contribution in [3.05, 3.63) is 64.2 Å². The van der Waals surface area contributed by atoms with E-state index in [9.17, 15) is 0 Å². The highest BCUT2D eigenvalue weighted by Crippen LogP contribution is 2.24. The van der Waals surface area contributed by atoms with Crippen LogP contribution in [0.2, 0.25) is 0 Å². The van der Waals surface area contributed by atoms with Gasteiger partial charge in [0.05, 0.1) is 6.04 Å². The molecule has 0 aliphatic rings. The molecule has 0 saturated heterocycles. The fourth-order valence-electron chi connectivity index (χ4n) is 2.98. The Kier molecular flexibility index (Phi) is 5.03. The summed E-state index contributed by atoms with van der Waals surface area (Å²) < 4.78 is 5.96. The second-order valence-corrected chi connectivity index (χ2v) is 5.69. The van der Waals surface area contributed by atoms with Gasteiger partial charge in [0, 0.05) is 0 Å². The van der Waals surface area contributed by atoms with Crippen molar-refractivity contribution in [2.24, 2.45) is 5.73 Å². The molecule has 0 aliphatic heterocycles. The molecule has 2 aromatic rings. The molecule has 0 bridgehead atoms. The van der Waals surface area contributed by atoms with Crippen LogP contribution in [0, 0.1) is 20.8 Å². The smallest absolute Gasteiger partial charge is 0.122 e. The number of hydrogen-bond acceptors (Lipinski definition) is 2. The first-order valence-corrected chi connectivity index (χ1v) is 7.57. The van der Waals surface area contributed by atoms with E-state index in [4.69, 9.17) is 10.5 Å². The van der Waals surface area contributed by atoms with Crippen LogP contribution in [0.5, 0.6) is 5.75 Å². The largest absolute Gasteiger partial charge is 0.491 e. The molecule has 2 nitrogen and oxygen atoms in total. The summed E-state index contributed by atoms with van der Waals surface area (Å²) in [6.45, 7) is 8.99. The summed E-state index contributed by atoms with van der Waals surface area (Å²) in [6.07, 6.45) is 0.966. The molecule has 0 spiro atoms. The Bertz CT molecular complexity index is 596. The zero-order valence-corrected chi connectivity index (χ0v) is 13.4. The summed E-state index contributed by atoms with van der Waals surface area (Å²) in [5.74, 6) is 0.942. The third kappa shape index (κ3) is 3.64. The number of nitrogens with two attached hydrogens (primary N) is 1. The van der Waals surface area contributed by atoms with E-state index < -0.39 is 0 Å². The van der Waals surface area contributed by atoms with Crippen LogP contribution in [0.15, 0.2) is 36.4 Å². The minimum Gasteiger partial charge on any atom is -0.491 e. The summed E-state index contributed by atoms with van der Waals surface area (Å²) >= 11 is 0. The van der Waals surface area contributed by atoms with Crippen LogP contribution in [0.4, 0.5) is 0 Å². The highest BCUT2D eigenvalue weighted by molar-refractivity contribution is 5.40. The van der Waals surface area contributed by atoms with Crippen molar-refractivity contribution in [3.8, 4) is 5.75 Å². The molecule has 2 heteroatoms. The Hall–Kier alpha value is -1.80. The van der Waals surface area contributed by atoms with Crippen LogP contribution in [-0.2, 0) is 6.42 Å². The van der Waals surface area contributed by atoms with Crippen molar-refractivity contribution in [1.82, 2.24) is 0 Å². The maximum atomic E-state index is 6.36. The lowest BCUT2D eigenvalue weighted by Crippen LogP contribution is -2.21. The van der Waals surface area contributed by atoms with E-state index in [0.29, 0.717) is 6.61 Å². The molecule has 0 fully saturated rings. The summed E-state index contributed by atoms with van der Waals surface area (Å²) in [7, 11) is 0. The van der Waals surface area contributed by atoms with Gasteiger partial charge in [-0.3, -0.25) is 0 Å². The van der Waals surface area contributed by atoms with Gasteiger partial charge >= 0.3 is 0 Å². The molecular formula is C19H25NO. The first-order valence-electron chi connectivity index (χ1n) is 7.57. The molecule has 2 aromatic carbocycles. The molecule has 21 heavy (non-hydrogen) atoms. The van der Waals surface area contributed by atoms with Gasteiger partial charge in [-0.2, -0.15) is 0 Å².